The Labute approximate surface area is 196 Å². The first kappa shape index (κ1) is 24.5. The lowest BCUT2D eigenvalue weighted by atomic mass is 9.85. The molecule has 0 saturated carbocycles. The van der Waals surface area contributed by atoms with E-state index in [1.807, 2.05) is 4.90 Å². The number of methoxy groups -OCH3 is 1. The van der Waals surface area contributed by atoms with E-state index in [1.165, 1.54) is 23.1 Å². The minimum atomic E-state index is -0.131. The number of amides is 2. The molecular formula is C26H36N2O3S. The summed E-state index contributed by atoms with van der Waals surface area (Å²) in [4.78, 5) is 31.0. The van der Waals surface area contributed by atoms with E-state index in [0.717, 1.165) is 24.8 Å². The van der Waals surface area contributed by atoms with Crippen molar-refractivity contribution < 1.29 is 14.3 Å². The van der Waals surface area contributed by atoms with E-state index in [2.05, 4.69) is 63.4 Å². The second kappa shape index (κ2) is 10.6. The fourth-order valence-electron chi connectivity index (χ4n) is 4.22. The van der Waals surface area contributed by atoms with Crippen molar-refractivity contribution in [1.82, 2.24) is 9.80 Å². The highest BCUT2D eigenvalue weighted by Gasteiger charge is 2.34. The van der Waals surface area contributed by atoms with Crippen molar-refractivity contribution in [1.29, 1.82) is 0 Å². The molecule has 0 fully saturated rings. The molecule has 2 aromatic rings. The molecule has 2 amide bonds. The summed E-state index contributed by atoms with van der Waals surface area (Å²) < 4.78 is 5.04. The number of rotatable bonds is 8. The van der Waals surface area contributed by atoms with E-state index in [1.54, 1.807) is 16.2 Å². The quantitative estimate of drug-likeness (QED) is 0.574. The Morgan fingerprint density at radius 3 is 2.53 bits per heavy atom. The number of unbranched alkanes of at least 4 members (excludes halogenated alkanes) is 1. The first-order valence-corrected chi connectivity index (χ1v) is 12.4. The minimum Gasteiger partial charge on any atom is -0.375 e. The van der Waals surface area contributed by atoms with Crippen LogP contribution in [0.1, 0.15) is 68.1 Å². The standard InChI is InChI=1S/C26H36N2O3S/c1-6-7-14-27(24(30)18-31-5)17-23(29)28-15-12-22-21(13-16-32-22)25(28)19-8-10-20(11-9-19)26(2,3)4/h8-11,13,16,25H,6-7,12,14-15,17-18H2,1-5H3. The average Bonchev–Trinajstić information content (AvgIpc) is 3.24. The second-order valence-corrected chi connectivity index (χ2v) is 10.5. The number of benzene rings is 1. The molecule has 174 valence electrons. The van der Waals surface area contributed by atoms with Crippen LogP contribution in [0, 0.1) is 0 Å². The van der Waals surface area contributed by atoms with Crippen LogP contribution in [0.4, 0.5) is 0 Å². The van der Waals surface area contributed by atoms with Gasteiger partial charge in [-0.3, -0.25) is 9.59 Å². The Morgan fingerprint density at radius 1 is 1.19 bits per heavy atom. The summed E-state index contributed by atoms with van der Waals surface area (Å²) in [7, 11) is 1.51. The molecule has 2 heterocycles. The molecule has 1 aliphatic rings. The number of fused-ring (bicyclic) bond motifs is 1. The highest BCUT2D eigenvalue weighted by atomic mass is 32.1. The summed E-state index contributed by atoms with van der Waals surface area (Å²) in [6.07, 6.45) is 2.70. The zero-order chi connectivity index (χ0) is 23.3. The number of hydrogen-bond acceptors (Lipinski definition) is 4. The molecule has 1 aromatic carbocycles. The zero-order valence-electron chi connectivity index (χ0n) is 20.0. The highest BCUT2D eigenvalue weighted by Crippen LogP contribution is 2.38. The maximum atomic E-state index is 13.5. The van der Waals surface area contributed by atoms with Gasteiger partial charge in [-0.25, -0.2) is 0 Å². The van der Waals surface area contributed by atoms with Crippen LogP contribution in [0.5, 0.6) is 0 Å². The maximum Gasteiger partial charge on any atom is 0.249 e. The predicted octanol–water partition coefficient (Wildman–Crippen LogP) is 4.79. The van der Waals surface area contributed by atoms with Gasteiger partial charge in [0.05, 0.1) is 12.6 Å². The summed E-state index contributed by atoms with van der Waals surface area (Å²) in [6, 6.07) is 10.7. The Morgan fingerprint density at radius 2 is 1.91 bits per heavy atom. The van der Waals surface area contributed by atoms with Gasteiger partial charge in [-0.15, -0.1) is 11.3 Å². The summed E-state index contributed by atoms with van der Waals surface area (Å²) in [5.74, 6) is -0.138. The van der Waals surface area contributed by atoms with Gasteiger partial charge in [0.15, 0.2) is 0 Å². The number of thiophene rings is 1. The van der Waals surface area contributed by atoms with Gasteiger partial charge in [-0.1, -0.05) is 58.4 Å². The number of hydrogen-bond donors (Lipinski definition) is 0. The molecule has 32 heavy (non-hydrogen) atoms. The van der Waals surface area contributed by atoms with Crippen molar-refractivity contribution in [2.24, 2.45) is 0 Å². The molecule has 0 bridgehead atoms. The van der Waals surface area contributed by atoms with Crippen LogP contribution in [0.3, 0.4) is 0 Å². The van der Waals surface area contributed by atoms with Gasteiger partial charge >= 0.3 is 0 Å². The summed E-state index contributed by atoms with van der Waals surface area (Å²) in [5, 5.41) is 2.12. The van der Waals surface area contributed by atoms with E-state index < -0.39 is 0 Å². The fraction of sp³-hybridized carbons (Fsp3) is 0.538. The van der Waals surface area contributed by atoms with Crippen molar-refractivity contribution in [3.63, 3.8) is 0 Å². The van der Waals surface area contributed by atoms with E-state index in [4.69, 9.17) is 4.74 Å². The van der Waals surface area contributed by atoms with Crippen LogP contribution in [0.25, 0.3) is 0 Å². The van der Waals surface area contributed by atoms with Crippen LogP contribution in [-0.4, -0.2) is 55.0 Å². The molecule has 0 N–H and O–H groups in total. The molecule has 1 aliphatic heterocycles. The number of ether oxygens (including phenoxy) is 1. The number of nitrogens with zero attached hydrogens (tertiary/aromatic N) is 2. The van der Waals surface area contributed by atoms with Gasteiger partial charge in [0.25, 0.3) is 0 Å². The van der Waals surface area contributed by atoms with Gasteiger partial charge < -0.3 is 14.5 Å². The Bertz CT molecular complexity index is 914. The van der Waals surface area contributed by atoms with E-state index in [-0.39, 0.29) is 36.4 Å². The zero-order valence-corrected chi connectivity index (χ0v) is 20.8. The van der Waals surface area contributed by atoms with Gasteiger partial charge in [0.1, 0.15) is 6.61 Å². The first-order valence-electron chi connectivity index (χ1n) is 11.5. The van der Waals surface area contributed by atoms with Crippen molar-refractivity contribution in [3.05, 3.63) is 57.3 Å². The molecule has 3 rings (SSSR count). The molecule has 6 heteroatoms. The largest absolute Gasteiger partial charge is 0.375 e. The maximum absolute atomic E-state index is 13.5. The van der Waals surface area contributed by atoms with Crippen molar-refractivity contribution in [2.45, 2.75) is 58.4 Å². The third kappa shape index (κ3) is 5.59. The lowest BCUT2D eigenvalue weighted by Gasteiger charge is -2.38. The van der Waals surface area contributed by atoms with Crippen molar-refractivity contribution in [2.75, 3.05) is 33.4 Å². The molecular weight excluding hydrogens is 420 g/mol. The van der Waals surface area contributed by atoms with Crippen molar-refractivity contribution in [3.8, 4) is 0 Å². The lowest BCUT2D eigenvalue weighted by Crippen LogP contribution is -2.47. The van der Waals surface area contributed by atoms with Crippen molar-refractivity contribution >= 4 is 23.2 Å². The predicted molar refractivity (Wildman–Crippen MR) is 130 cm³/mol. The van der Waals surface area contributed by atoms with Crippen LogP contribution in [-0.2, 0) is 26.2 Å². The van der Waals surface area contributed by atoms with Crippen LogP contribution in [0.2, 0.25) is 0 Å². The fourth-order valence-corrected chi connectivity index (χ4v) is 5.12. The third-order valence-electron chi connectivity index (χ3n) is 6.11. The Hall–Kier alpha value is -2.18. The third-order valence-corrected chi connectivity index (χ3v) is 7.10. The minimum absolute atomic E-state index is 0.00334. The van der Waals surface area contributed by atoms with Crippen LogP contribution in [0.15, 0.2) is 35.7 Å². The Kier molecular flexibility index (Phi) is 8.12. The van der Waals surface area contributed by atoms with Gasteiger partial charge in [0, 0.05) is 25.1 Å². The van der Waals surface area contributed by atoms with E-state index in [9.17, 15) is 9.59 Å². The topological polar surface area (TPSA) is 49.9 Å². The van der Waals surface area contributed by atoms with E-state index in [0.29, 0.717) is 13.1 Å². The summed E-state index contributed by atoms with van der Waals surface area (Å²) in [6.45, 7) is 10.0. The summed E-state index contributed by atoms with van der Waals surface area (Å²) >= 11 is 1.76. The molecule has 1 unspecified atom stereocenters. The van der Waals surface area contributed by atoms with Gasteiger partial charge in [-0.05, 0) is 46.4 Å². The molecule has 1 atom stereocenters. The first-order chi connectivity index (χ1) is 15.3. The normalized spacial score (nSPS) is 16.0. The van der Waals surface area contributed by atoms with Gasteiger partial charge in [0.2, 0.25) is 11.8 Å². The van der Waals surface area contributed by atoms with Crippen LogP contribution >= 0.6 is 11.3 Å². The van der Waals surface area contributed by atoms with Crippen LogP contribution < -0.4 is 0 Å². The average molecular weight is 457 g/mol. The van der Waals surface area contributed by atoms with E-state index >= 15 is 0 Å². The lowest BCUT2D eigenvalue weighted by molar-refractivity contribution is -0.143. The monoisotopic (exact) mass is 456 g/mol. The molecule has 0 saturated heterocycles. The second-order valence-electron chi connectivity index (χ2n) is 9.51. The molecule has 1 aromatic heterocycles. The molecule has 5 nitrogen and oxygen atoms in total. The highest BCUT2D eigenvalue weighted by molar-refractivity contribution is 7.10. The smallest absolute Gasteiger partial charge is 0.249 e. The van der Waals surface area contributed by atoms with Gasteiger partial charge in [-0.2, -0.15) is 0 Å². The molecule has 0 radical (unpaired) electrons. The Balaban J connectivity index is 1.88. The molecule has 0 spiro atoms. The molecule has 0 aliphatic carbocycles. The number of carbonyl (C=O) groups excluding carboxylic acids is 2. The number of carbonyl (C=O) groups is 2. The SMILES string of the molecule is CCCCN(CC(=O)N1CCc2sccc2C1c1ccc(C(C)(C)C)cc1)C(=O)COC. The summed E-state index contributed by atoms with van der Waals surface area (Å²) in [5.41, 5.74) is 3.68.